The molecular weight excluding hydrogens is 288 g/mol. The normalized spacial score (nSPS) is 12.1. The molecule has 0 aliphatic rings. The van der Waals surface area contributed by atoms with Gasteiger partial charge in [0.1, 0.15) is 6.04 Å². The van der Waals surface area contributed by atoms with Gasteiger partial charge >= 0.3 is 5.97 Å². The van der Waals surface area contributed by atoms with Crippen LogP contribution in [-0.2, 0) is 9.59 Å². The van der Waals surface area contributed by atoms with Crippen molar-refractivity contribution in [3.8, 4) is 0 Å². The van der Waals surface area contributed by atoms with Crippen molar-refractivity contribution in [3.63, 3.8) is 0 Å². The number of hydrogen-bond acceptors (Lipinski definition) is 3. The van der Waals surface area contributed by atoms with Crippen LogP contribution in [0.15, 0.2) is 0 Å². The van der Waals surface area contributed by atoms with Crippen LogP contribution in [0.1, 0.15) is 38.5 Å². The van der Waals surface area contributed by atoms with Gasteiger partial charge in [-0.15, -0.1) is 0 Å². The van der Waals surface area contributed by atoms with Crippen LogP contribution in [0.25, 0.3) is 0 Å². The van der Waals surface area contributed by atoms with Crippen molar-refractivity contribution in [1.29, 1.82) is 0 Å². The lowest BCUT2D eigenvalue weighted by Gasteiger charge is -2.07. The Labute approximate surface area is 110 Å². The van der Waals surface area contributed by atoms with Crippen molar-refractivity contribution in [3.05, 3.63) is 0 Å². The number of nitrogens with two attached hydrogens (primary N) is 1. The average Bonchev–Trinajstić information content (AvgIpc) is 2.28. The fraction of sp³-hybridized carbons (Fsp3) is 0.818. The number of carboxylic acids is 1. The Bertz CT molecular complexity index is 237. The first kappa shape index (κ1) is 16.4. The minimum atomic E-state index is -0.969. The Morgan fingerprint density at radius 2 is 1.94 bits per heavy atom. The second kappa shape index (κ2) is 10.5. The van der Waals surface area contributed by atoms with Crippen molar-refractivity contribution in [1.82, 2.24) is 5.32 Å². The van der Waals surface area contributed by atoms with Crippen LogP contribution in [0, 0.1) is 0 Å². The largest absolute Gasteiger partial charge is 0.480 e. The maximum Gasteiger partial charge on any atom is 0.320 e. The summed E-state index contributed by atoms with van der Waals surface area (Å²) >= 11 is 3.31. The van der Waals surface area contributed by atoms with Crippen molar-refractivity contribution in [2.75, 3.05) is 11.9 Å². The van der Waals surface area contributed by atoms with E-state index in [1.54, 1.807) is 0 Å². The highest BCUT2D eigenvalue weighted by Gasteiger charge is 2.10. The van der Waals surface area contributed by atoms with E-state index in [-0.39, 0.29) is 5.91 Å². The lowest BCUT2D eigenvalue weighted by atomic mass is 10.1. The van der Waals surface area contributed by atoms with E-state index in [0.717, 1.165) is 31.0 Å². The highest BCUT2D eigenvalue weighted by Crippen LogP contribution is 2.00. The van der Waals surface area contributed by atoms with Crippen LogP contribution in [0.3, 0.4) is 0 Å². The van der Waals surface area contributed by atoms with E-state index in [4.69, 9.17) is 10.8 Å². The minimum absolute atomic E-state index is 0.0634. The summed E-state index contributed by atoms with van der Waals surface area (Å²) in [5.74, 6) is -0.905. The summed E-state index contributed by atoms with van der Waals surface area (Å²) < 4.78 is 0. The molecule has 0 rings (SSSR count). The standard InChI is InChI=1S/C11H21BrN2O3/c12-7-3-1-6-10(15)14-8-4-2-5-9(13)11(16)17/h9H,1-8,13H2,(H,14,15)(H,16,17)/t9-/m0/s1. The molecule has 0 aromatic rings. The summed E-state index contributed by atoms with van der Waals surface area (Å²) in [6, 6.07) is -0.787. The Kier molecular flexibility index (Phi) is 10.1. The van der Waals surface area contributed by atoms with Gasteiger partial charge in [-0.3, -0.25) is 9.59 Å². The van der Waals surface area contributed by atoms with Gasteiger partial charge in [-0.05, 0) is 32.1 Å². The van der Waals surface area contributed by atoms with Gasteiger partial charge in [0.25, 0.3) is 0 Å². The number of carboxylic acid groups (broad SMARTS) is 1. The molecule has 0 fully saturated rings. The molecule has 0 aliphatic heterocycles. The van der Waals surface area contributed by atoms with Crippen LogP contribution in [0.2, 0.25) is 0 Å². The summed E-state index contributed by atoms with van der Waals surface area (Å²) in [4.78, 5) is 21.7. The zero-order valence-electron chi connectivity index (χ0n) is 9.95. The van der Waals surface area contributed by atoms with Gasteiger partial charge in [0.2, 0.25) is 5.91 Å². The second-order valence-corrected chi connectivity index (χ2v) is 4.73. The Balaban J connectivity index is 3.33. The van der Waals surface area contributed by atoms with Crippen LogP contribution in [-0.4, -0.2) is 34.9 Å². The quantitative estimate of drug-likeness (QED) is 0.418. The molecule has 0 heterocycles. The highest BCUT2D eigenvalue weighted by atomic mass is 79.9. The summed E-state index contributed by atoms with van der Waals surface area (Å²) in [5, 5.41) is 12.3. The lowest BCUT2D eigenvalue weighted by Crippen LogP contribution is -2.30. The molecule has 0 aromatic heterocycles. The molecule has 5 nitrogen and oxygen atoms in total. The Morgan fingerprint density at radius 3 is 2.53 bits per heavy atom. The van der Waals surface area contributed by atoms with Crippen LogP contribution in [0.5, 0.6) is 0 Å². The maximum absolute atomic E-state index is 11.3. The van der Waals surface area contributed by atoms with Gasteiger partial charge in [-0.25, -0.2) is 0 Å². The molecular formula is C11H21BrN2O3. The van der Waals surface area contributed by atoms with Gasteiger partial charge in [0.05, 0.1) is 0 Å². The van der Waals surface area contributed by atoms with Crippen molar-refractivity contribution in [2.45, 2.75) is 44.6 Å². The van der Waals surface area contributed by atoms with Gasteiger partial charge in [0, 0.05) is 18.3 Å². The molecule has 100 valence electrons. The fourth-order valence-corrected chi connectivity index (χ4v) is 1.71. The molecule has 1 amide bonds. The summed E-state index contributed by atoms with van der Waals surface area (Å²) in [5.41, 5.74) is 5.35. The molecule has 0 radical (unpaired) electrons. The monoisotopic (exact) mass is 308 g/mol. The first-order chi connectivity index (χ1) is 8.07. The molecule has 6 heteroatoms. The molecule has 0 aromatic carbocycles. The van der Waals surface area contributed by atoms with E-state index in [0.29, 0.717) is 19.4 Å². The predicted octanol–water partition coefficient (Wildman–Crippen LogP) is 1.25. The first-order valence-electron chi connectivity index (χ1n) is 5.89. The molecule has 17 heavy (non-hydrogen) atoms. The number of unbranched alkanes of at least 4 members (excludes halogenated alkanes) is 2. The predicted molar refractivity (Wildman–Crippen MR) is 70.1 cm³/mol. The number of nitrogens with one attached hydrogen (secondary N) is 1. The second-order valence-electron chi connectivity index (χ2n) is 3.94. The summed E-state index contributed by atoms with van der Waals surface area (Å²) in [6.45, 7) is 0.597. The molecule has 4 N–H and O–H groups in total. The fourth-order valence-electron chi connectivity index (χ4n) is 1.31. The van der Waals surface area contributed by atoms with Gasteiger partial charge < -0.3 is 16.2 Å². The molecule has 0 spiro atoms. The Morgan fingerprint density at radius 1 is 1.24 bits per heavy atom. The Hall–Kier alpha value is -0.620. The van der Waals surface area contributed by atoms with E-state index in [2.05, 4.69) is 21.2 Å². The number of rotatable bonds is 10. The van der Waals surface area contributed by atoms with Crippen LogP contribution >= 0.6 is 15.9 Å². The third kappa shape index (κ3) is 10.3. The van der Waals surface area contributed by atoms with Gasteiger partial charge in [-0.1, -0.05) is 15.9 Å². The third-order valence-corrected chi connectivity index (χ3v) is 2.93. The van der Waals surface area contributed by atoms with Crippen molar-refractivity contribution >= 4 is 27.8 Å². The van der Waals surface area contributed by atoms with E-state index in [1.807, 2.05) is 0 Å². The van der Waals surface area contributed by atoms with Gasteiger partial charge in [0.15, 0.2) is 0 Å². The molecule has 1 atom stereocenters. The zero-order valence-corrected chi connectivity index (χ0v) is 11.5. The number of aliphatic carboxylic acids is 1. The smallest absolute Gasteiger partial charge is 0.320 e. The molecule has 0 saturated carbocycles. The maximum atomic E-state index is 11.3. The SMILES string of the molecule is N[C@@H](CCCCNC(=O)CCCCBr)C(=O)O. The topological polar surface area (TPSA) is 92.4 Å². The van der Waals surface area contributed by atoms with E-state index in [1.165, 1.54) is 0 Å². The molecule has 0 aliphatic carbocycles. The summed E-state index contributed by atoms with van der Waals surface area (Å²) in [7, 11) is 0. The summed E-state index contributed by atoms with van der Waals surface area (Å²) in [6.07, 6.45) is 4.39. The van der Waals surface area contributed by atoms with Crippen LogP contribution in [0.4, 0.5) is 0 Å². The number of halogens is 1. The molecule has 0 saturated heterocycles. The number of alkyl halides is 1. The van der Waals surface area contributed by atoms with Crippen LogP contribution < -0.4 is 11.1 Å². The lowest BCUT2D eigenvalue weighted by molar-refractivity contribution is -0.138. The van der Waals surface area contributed by atoms with Crippen molar-refractivity contribution in [2.24, 2.45) is 5.73 Å². The van der Waals surface area contributed by atoms with E-state index >= 15 is 0 Å². The number of carbonyl (C=O) groups excluding carboxylic acids is 1. The highest BCUT2D eigenvalue weighted by molar-refractivity contribution is 9.09. The number of hydrogen-bond donors (Lipinski definition) is 3. The van der Waals surface area contributed by atoms with E-state index in [9.17, 15) is 9.59 Å². The van der Waals surface area contributed by atoms with Gasteiger partial charge in [-0.2, -0.15) is 0 Å². The van der Waals surface area contributed by atoms with Crippen molar-refractivity contribution < 1.29 is 14.7 Å². The average molecular weight is 309 g/mol. The molecule has 0 unspecified atom stereocenters. The number of amides is 1. The minimum Gasteiger partial charge on any atom is -0.480 e. The number of carbonyl (C=O) groups is 2. The van der Waals surface area contributed by atoms with E-state index < -0.39 is 12.0 Å². The molecule has 0 bridgehead atoms. The first-order valence-corrected chi connectivity index (χ1v) is 7.01. The zero-order chi connectivity index (χ0) is 13.1. The third-order valence-electron chi connectivity index (χ3n) is 2.37.